The molecule has 0 fully saturated rings. The number of benzene rings is 3. The van der Waals surface area contributed by atoms with E-state index in [-0.39, 0.29) is 12.2 Å². The van der Waals surface area contributed by atoms with Crippen molar-refractivity contribution < 1.29 is 18.7 Å². The fourth-order valence-electron chi connectivity index (χ4n) is 3.90. The van der Waals surface area contributed by atoms with Gasteiger partial charge in [-0.25, -0.2) is 9.18 Å². The van der Waals surface area contributed by atoms with E-state index in [1.165, 1.54) is 12.1 Å². The summed E-state index contributed by atoms with van der Waals surface area (Å²) in [7, 11) is 0. The molecule has 4 aromatic rings. The Labute approximate surface area is 153 Å². The summed E-state index contributed by atoms with van der Waals surface area (Å²) in [5.74, 6) is -1.48. The van der Waals surface area contributed by atoms with Gasteiger partial charge in [0.15, 0.2) is 0 Å². The van der Waals surface area contributed by atoms with Crippen LogP contribution in [0.3, 0.4) is 0 Å². The SMILES string of the molecule is O=C1Cc2c(n(Cc3cccc4ccc(F)cc34)c3ccccc23)C(=O)O1. The van der Waals surface area contributed by atoms with Crippen molar-refractivity contribution in [3.05, 3.63) is 83.3 Å². The summed E-state index contributed by atoms with van der Waals surface area (Å²) in [6.45, 7) is 0.375. The Balaban J connectivity index is 1.76. The third-order valence-corrected chi connectivity index (χ3v) is 5.06. The molecular weight excluding hydrogens is 345 g/mol. The smallest absolute Gasteiger partial charge is 0.362 e. The van der Waals surface area contributed by atoms with Crippen LogP contribution < -0.4 is 0 Å². The molecule has 0 N–H and O–H groups in total. The number of carbonyl (C=O) groups excluding carboxylic acids is 2. The van der Waals surface area contributed by atoms with Gasteiger partial charge in [0.2, 0.25) is 0 Å². The van der Waals surface area contributed by atoms with E-state index < -0.39 is 11.9 Å². The highest BCUT2D eigenvalue weighted by Gasteiger charge is 2.31. The molecule has 0 saturated heterocycles. The molecule has 132 valence electrons. The molecule has 0 aliphatic carbocycles. The molecule has 1 aromatic heterocycles. The van der Waals surface area contributed by atoms with Crippen molar-refractivity contribution in [2.75, 3.05) is 0 Å². The van der Waals surface area contributed by atoms with Crippen molar-refractivity contribution in [1.82, 2.24) is 4.57 Å². The zero-order chi connectivity index (χ0) is 18.5. The van der Waals surface area contributed by atoms with Crippen molar-refractivity contribution in [2.24, 2.45) is 0 Å². The Hall–Kier alpha value is -3.47. The number of rotatable bonds is 2. The van der Waals surface area contributed by atoms with Crippen LogP contribution in [0.25, 0.3) is 21.7 Å². The van der Waals surface area contributed by atoms with Crippen LogP contribution in [0.5, 0.6) is 0 Å². The molecular formula is C22H14FNO3. The normalized spacial score (nSPS) is 13.8. The van der Waals surface area contributed by atoms with E-state index in [1.807, 2.05) is 47.0 Å². The second-order valence-corrected chi connectivity index (χ2v) is 6.65. The van der Waals surface area contributed by atoms with Crippen LogP contribution in [-0.4, -0.2) is 16.5 Å². The highest BCUT2D eigenvalue weighted by molar-refractivity contribution is 6.07. The van der Waals surface area contributed by atoms with Gasteiger partial charge in [0, 0.05) is 23.0 Å². The number of hydrogen-bond donors (Lipinski definition) is 0. The van der Waals surface area contributed by atoms with Crippen LogP contribution >= 0.6 is 0 Å². The standard InChI is InChI=1S/C22H14FNO3/c23-15-9-8-13-4-3-5-14(17(13)10-15)12-24-19-7-2-1-6-16(19)18-11-20(25)27-22(26)21(18)24/h1-10H,11-12H2. The van der Waals surface area contributed by atoms with Gasteiger partial charge in [0.1, 0.15) is 11.5 Å². The van der Waals surface area contributed by atoms with E-state index in [4.69, 9.17) is 4.74 Å². The van der Waals surface area contributed by atoms with Crippen molar-refractivity contribution >= 4 is 33.6 Å². The summed E-state index contributed by atoms with van der Waals surface area (Å²) in [6, 6.07) is 18.0. The van der Waals surface area contributed by atoms with Crippen LogP contribution in [0.4, 0.5) is 4.39 Å². The number of hydrogen-bond acceptors (Lipinski definition) is 3. The molecule has 5 rings (SSSR count). The van der Waals surface area contributed by atoms with Crippen LogP contribution in [0, 0.1) is 5.82 Å². The number of para-hydroxylation sites is 1. The molecule has 0 bridgehead atoms. The summed E-state index contributed by atoms with van der Waals surface area (Å²) in [4.78, 5) is 24.2. The molecule has 3 aromatic carbocycles. The van der Waals surface area contributed by atoms with Crippen molar-refractivity contribution in [3.63, 3.8) is 0 Å². The van der Waals surface area contributed by atoms with Crippen molar-refractivity contribution in [3.8, 4) is 0 Å². The molecule has 0 unspecified atom stereocenters. The lowest BCUT2D eigenvalue weighted by Gasteiger charge is -2.15. The van der Waals surface area contributed by atoms with Gasteiger partial charge in [0.25, 0.3) is 0 Å². The van der Waals surface area contributed by atoms with Gasteiger partial charge in [-0.1, -0.05) is 42.5 Å². The number of halogens is 1. The Morgan fingerprint density at radius 2 is 1.81 bits per heavy atom. The first-order valence-corrected chi connectivity index (χ1v) is 8.64. The molecule has 0 spiro atoms. The lowest BCUT2D eigenvalue weighted by atomic mass is 10.0. The summed E-state index contributed by atoms with van der Waals surface area (Å²) in [5.41, 5.74) is 2.82. The van der Waals surface area contributed by atoms with Gasteiger partial charge in [-0.3, -0.25) is 4.79 Å². The molecule has 27 heavy (non-hydrogen) atoms. The second-order valence-electron chi connectivity index (χ2n) is 6.65. The predicted molar refractivity (Wildman–Crippen MR) is 99.1 cm³/mol. The molecule has 0 amide bonds. The third-order valence-electron chi connectivity index (χ3n) is 5.06. The molecule has 2 heterocycles. The third kappa shape index (κ3) is 2.43. The number of esters is 2. The first kappa shape index (κ1) is 15.8. The van der Waals surface area contributed by atoms with Gasteiger partial charge in [-0.15, -0.1) is 0 Å². The number of cyclic esters (lactones) is 2. The molecule has 0 atom stereocenters. The monoisotopic (exact) mass is 359 g/mol. The number of ether oxygens (including phenoxy) is 1. The summed E-state index contributed by atoms with van der Waals surface area (Å²) >= 11 is 0. The van der Waals surface area contributed by atoms with Crippen LogP contribution in [0.2, 0.25) is 0 Å². The van der Waals surface area contributed by atoms with E-state index in [9.17, 15) is 14.0 Å². The number of nitrogens with zero attached hydrogens (tertiary/aromatic N) is 1. The number of carbonyl (C=O) groups is 2. The first-order chi connectivity index (χ1) is 13.1. The highest BCUT2D eigenvalue weighted by atomic mass is 19.1. The summed E-state index contributed by atoms with van der Waals surface area (Å²) < 4.78 is 20.5. The van der Waals surface area contributed by atoms with Gasteiger partial charge in [-0.05, 0) is 34.5 Å². The number of aromatic nitrogens is 1. The quantitative estimate of drug-likeness (QED) is 0.398. The minimum Gasteiger partial charge on any atom is -0.388 e. The summed E-state index contributed by atoms with van der Waals surface area (Å²) in [5, 5.41) is 2.59. The maximum Gasteiger partial charge on any atom is 0.362 e. The Morgan fingerprint density at radius 1 is 0.963 bits per heavy atom. The predicted octanol–water partition coefficient (Wildman–Crippen LogP) is 4.22. The minimum absolute atomic E-state index is 0.0682. The van der Waals surface area contributed by atoms with E-state index >= 15 is 0 Å². The average molecular weight is 359 g/mol. The van der Waals surface area contributed by atoms with Crippen LogP contribution in [0.1, 0.15) is 21.6 Å². The minimum atomic E-state index is -0.635. The van der Waals surface area contributed by atoms with E-state index in [0.717, 1.165) is 27.2 Å². The topological polar surface area (TPSA) is 48.3 Å². The lowest BCUT2D eigenvalue weighted by molar-refractivity contribution is -0.137. The van der Waals surface area contributed by atoms with Crippen LogP contribution in [-0.2, 0) is 22.5 Å². The Morgan fingerprint density at radius 3 is 2.70 bits per heavy atom. The molecule has 1 aliphatic rings. The van der Waals surface area contributed by atoms with Crippen LogP contribution in [0.15, 0.2) is 60.7 Å². The average Bonchev–Trinajstić information content (AvgIpc) is 2.96. The van der Waals surface area contributed by atoms with E-state index in [0.29, 0.717) is 17.8 Å². The lowest BCUT2D eigenvalue weighted by Crippen LogP contribution is -2.25. The molecule has 5 heteroatoms. The zero-order valence-electron chi connectivity index (χ0n) is 14.2. The second kappa shape index (κ2) is 5.77. The Bertz CT molecular complexity index is 1260. The van der Waals surface area contributed by atoms with Crippen molar-refractivity contribution in [2.45, 2.75) is 13.0 Å². The first-order valence-electron chi connectivity index (χ1n) is 8.64. The number of fused-ring (bicyclic) bond motifs is 4. The molecule has 0 saturated carbocycles. The van der Waals surface area contributed by atoms with E-state index in [1.54, 1.807) is 6.07 Å². The van der Waals surface area contributed by atoms with Gasteiger partial charge < -0.3 is 9.30 Å². The Kier molecular flexibility index (Phi) is 3.37. The largest absolute Gasteiger partial charge is 0.388 e. The van der Waals surface area contributed by atoms with Gasteiger partial charge in [-0.2, -0.15) is 0 Å². The summed E-state index contributed by atoms with van der Waals surface area (Å²) in [6.07, 6.45) is 0.0682. The fourth-order valence-corrected chi connectivity index (χ4v) is 3.90. The fraction of sp³-hybridized carbons (Fsp3) is 0.0909. The van der Waals surface area contributed by atoms with Gasteiger partial charge in [0.05, 0.1) is 6.42 Å². The molecule has 4 nitrogen and oxygen atoms in total. The molecule has 0 radical (unpaired) electrons. The maximum absolute atomic E-state index is 13.8. The van der Waals surface area contributed by atoms with E-state index in [2.05, 4.69) is 0 Å². The highest BCUT2D eigenvalue weighted by Crippen LogP contribution is 2.32. The van der Waals surface area contributed by atoms with Crippen molar-refractivity contribution in [1.29, 1.82) is 0 Å². The molecule has 1 aliphatic heterocycles. The maximum atomic E-state index is 13.8. The zero-order valence-corrected chi connectivity index (χ0v) is 14.2. The van der Waals surface area contributed by atoms with Gasteiger partial charge >= 0.3 is 11.9 Å².